The molecule has 4 aromatic rings. The Kier molecular flexibility index (Phi) is 6.88. The summed E-state index contributed by atoms with van der Waals surface area (Å²) in [6, 6.07) is 27.6. The highest BCUT2D eigenvalue weighted by atomic mass is 19.1. The smallest absolute Gasteiger partial charge is 0.285 e. The van der Waals surface area contributed by atoms with Crippen LogP contribution in [0, 0.1) is 12.7 Å². The molecule has 0 bridgehead atoms. The summed E-state index contributed by atoms with van der Waals surface area (Å²) in [5.74, 6) is -0.228. The van der Waals surface area contributed by atoms with Crippen LogP contribution < -0.4 is 10.2 Å². The van der Waals surface area contributed by atoms with Crippen LogP contribution in [-0.2, 0) is 0 Å². The first-order chi connectivity index (χ1) is 18.0. The number of carbonyl (C=O) groups is 1. The zero-order valence-corrected chi connectivity index (χ0v) is 20.8. The van der Waals surface area contributed by atoms with Gasteiger partial charge in [-0.25, -0.2) is 4.39 Å². The number of likely N-dealkylation sites (N-methyl/N-ethyl adjacent to an activating group) is 1. The summed E-state index contributed by atoms with van der Waals surface area (Å²) in [6.45, 7) is 2.15. The van der Waals surface area contributed by atoms with E-state index in [1.165, 1.54) is 18.2 Å². The second-order valence-corrected chi connectivity index (χ2v) is 9.08. The molecule has 0 spiro atoms. The van der Waals surface area contributed by atoms with E-state index in [4.69, 9.17) is 4.74 Å². The molecule has 0 N–H and O–H groups in total. The molecule has 37 heavy (non-hydrogen) atoms. The summed E-state index contributed by atoms with van der Waals surface area (Å²) in [6.07, 6.45) is 1.39. The van der Waals surface area contributed by atoms with Crippen LogP contribution in [-0.4, -0.2) is 40.7 Å². The molecule has 188 valence electrons. The summed E-state index contributed by atoms with van der Waals surface area (Å²) in [4.78, 5) is 26.4. The van der Waals surface area contributed by atoms with Gasteiger partial charge in [0.2, 0.25) is 0 Å². The molecule has 6 nitrogen and oxygen atoms in total. The molecular formula is C30H28FN3O3. The third kappa shape index (κ3) is 4.78. The van der Waals surface area contributed by atoms with Crippen molar-refractivity contribution in [1.29, 1.82) is 0 Å². The van der Waals surface area contributed by atoms with Crippen molar-refractivity contribution >= 4 is 5.91 Å². The van der Waals surface area contributed by atoms with E-state index in [1.807, 2.05) is 53.0 Å². The summed E-state index contributed by atoms with van der Waals surface area (Å²) < 4.78 is 21.0. The van der Waals surface area contributed by atoms with Crippen LogP contribution in [0.5, 0.6) is 5.75 Å². The van der Waals surface area contributed by atoms with Crippen LogP contribution in [0.25, 0.3) is 0 Å². The summed E-state index contributed by atoms with van der Waals surface area (Å²) in [7, 11) is 1.88. The van der Waals surface area contributed by atoms with E-state index < -0.39 is 0 Å². The molecule has 1 aliphatic heterocycles. The number of fused-ring (bicyclic) bond motifs is 1. The topological polar surface area (TPSA) is 54.8 Å². The maximum absolute atomic E-state index is 13.7. The highest BCUT2D eigenvalue weighted by Crippen LogP contribution is 2.40. The van der Waals surface area contributed by atoms with Crippen LogP contribution >= 0.6 is 0 Å². The van der Waals surface area contributed by atoms with Crippen molar-refractivity contribution < 1.29 is 13.9 Å². The fraction of sp³-hybridized carbons (Fsp3) is 0.200. The minimum absolute atomic E-state index is 0.137. The lowest BCUT2D eigenvalue weighted by Gasteiger charge is -2.47. The molecule has 1 amide bonds. The lowest BCUT2D eigenvalue weighted by atomic mass is 9.87. The van der Waals surface area contributed by atoms with Gasteiger partial charge >= 0.3 is 0 Å². The van der Waals surface area contributed by atoms with E-state index in [0.29, 0.717) is 17.0 Å². The number of amides is 1. The number of halogens is 1. The van der Waals surface area contributed by atoms with Gasteiger partial charge in [0.05, 0.1) is 6.54 Å². The maximum atomic E-state index is 13.7. The number of nitrogens with zero attached hydrogens (tertiary/aromatic N) is 3. The molecule has 0 saturated carbocycles. The largest absolute Gasteiger partial charge is 0.492 e. The third-order valence-corrected chi connectivity index (χ3v) is 6.86. The van der Waals surface area contributed by atoms with Gasteiger partial charge in [-0.3, -0.25) is 14.6 Å². The first kappa shape index (κ1) is 24.5. The van der Waals surface area contributed by atoms with Crippen LogP contribution in [0.3, 0.4) is 0 Å². The van der Waals surface area contributed by atoms with Gasteiger partial charge in [0.1, 0.15) is 30.0 Å². The van der Waals surface area contributed by atoms with Crippen molar-refractivity contribution in [3.8, 4) is 5.75 Å². The molecular weight excluding hydrogens is 469 g/mol. The minimum atomic E-state index is -0.341. The lowest BCUT2D eigenvalue weighted by Crippen LogP contribution is -2.56. The SMILES string of the molecule is Cc1c2n(ccc1=O)C(C(c1ccccc1)c1ccccc1)N(C)N(CCOc1ccc(F)cc1)C2=O. The molecule has 0 radical (unpaired) electrons. The standard InChI is InChI=1S/C30H28FN3O3/c1-21-26(35)17-18-33-28(21)30(36)34(19-20-37-25-15-13-24(31)14-16-25)32(2)29(33)27(22-9-5-3-6-10-22)23-11-7-4-8-12-23/h3-18,27,29H,19-20H2,1-2H3. The molecule has 0 aliphatic carbocycles. The summed E-state index contributed by atoms with van der Waals surface area (Å²) in [5.41, 5.74) is 2.78. The van der Waals surface area contributed by atoms with Gasteiger partial charge in [0.25, 0.3) is 5.91 Å². The summed E-state index contributed by atoms with van der Waals surface area (Å²) >= 11 is 0. The van der Waals surface area contributed by atoms with Crippen LogP contribution in [0.2, 0.25) is 0 Å². The lowest BCUT2D eigenvalue weighted by molar-refractivity contribution is -0.0669. The van der Waals surface area contributed by atoms with Crippen molar-refractivity contribution in [3.63, 3.8) is 0 Å². The number of pyridine rings is 1. The van der Waals surface area contributed by atoms with E-state index in [-0.39, 0.29) is 42.4 Å². The van der Waals surface area contributed by atoms with Crippen molar-refractivity contribution in [2.75, 3.05) is 20.2 Å². The number of aromatic nitrogens is 1. The average Bonchev–Trinajstić information content (AvgIpc) is 2.92. The number of carbonyl (C=O) groups excluding carboxylic acids is 1. The molecule has 0 fully saturated rings. The molecule has 1 unspecified atom stereocenters. The Morgan fingerprint density at radius 1 is 0.865 bits per heavy atom. The van der Waals surface area contributed by atoms with Crippen LogP contribution in [0.1, 0.15) is 39.3 Å². The van der Waals surface area contributed by atoms with Gasteiger partial charge in [-0.05, 0) is 42.3 Å². The Hall–Kier alpha value is -4.23. The van der Waals surface area contributed by atoms with E-state index >= 15 is 0 Å². The first-order valence-electron chi connectivity index (χ1n) is 12.2. The Balaban J connectivity index is 1.57. The maximum Gasteiger partial charge on any atom is 0.285 e. The van der Waals surface area contributed by atoms with Crippen molar-refractivity contribution in [3.05, 3.63) is 136 Å². The van der Waals surface area contributed by atoms with E-state index in [9.17, 15) is 14.0 Å². The molecule has 5 rings (SSSR count). The van der Waals surface area contributed by atoms with E-state index in [1.54, 1.807) is 30.3 Å². The number of hydrogen-bond donors (Lipinski definition) is 0. The van der Waals surface area contributed by atoms with Gasteiger partial charge in [0, 0.05) is 30.8 Å². The fourth-order valence-corrected chi connectivity index (χ4v) is 5.01. The molecule has 1 atom stereocenters. The molecule has 1 aromatic heterocycles. The Morgan fingerprint density at radius 2 is 1.46 bits per heavy atom. The van der Waals surface area contributed by atoms with Crippen molar-refractivity contribution in [2.45, 2.75) is 19.0 Å². The molecule has 7 heteroatoms. The van der Waals surface area contributed by atoms with Crippen molar-refractivity contribution in [1.82, 2.24) is 14.6 Å². The normalized spacial score (nSPS) is 15.6. The summed E-state index contributed by atoms with van der Waals surface area (Å²) in [5, 5.41) is 3.56. The number of hydrogen-bond acceptors (Lipinski definition) is 4. The van der Waals surface area contributed by atoms with Gasteiger partial charge in [-0.15, -0.1) is 0 Å². The van der Waals surface area contributed by atoms with E-state index in [0.717, 1.165) is 11.1 Å². The zero-order chi connectivity index (χ0) is 25.9. The molecule has 2 heterocycles. The second-order valence-electron chi connectivity index (χ2n) is 9.08. The fourth-order valence-electron chi connectivity index (χ4n) is 5.01. The number of rotatable bonds is 7. The van der Waals surface area contributed by atoms with Gasteiger partial charge < -0.3 is 9.30 Å². The average molecular weight is 498 g/mol. The monoisotopic (exact) mass is 497 g/mol. The van der Waals surface area contributed by atoms with Crippen LogP contribution in [0.4, 0.5) is 4.39 Å². The molecule has 0 saturated heterocycles. The van der Waals surface area contributed by atoms with Gasteiger partial charge in [-0.2, -0.15) is 5.01 Å². The van der Waals surface area contributed by atoms with E-state index in [2.05, 4.69) is 24.3 Å². The zero-order valence-electron chi connectivity index (χ0n) is 20.8. The predicted octanol–water partition coefficient (Wildman–Crippen LogP) is 5.01. The van der Waals surface area contributed by atoms with Gasteiger partial charge in [0.15, 0.2) is 5.43 Å². The van der Waals surface area contributed by atoms with Crippen molar-refractivity contribution in [2.24, 2.45) is 0 Å². The highest BCUT2D eigenvalue weighted by Gasteiger charge is 2.41. The Morgan fingerprint density at radius 3 is 2.05 bits per heavy atom. The third-order valence-electron chi connectivity index (χ3n) is 6.86. The van der Waals surface area contributed by atoms with Gasteiger partial charge in [-0.1, -0.05) is 60.7 Å². The number of hydrazine groups is 1. The first-order valence-corrected chi connectivity index (χ1v) is 12.2. The molecule has 3 aromatic carbocycles. The Labute approximate surface area is 215 Å². The number of ether oxygens (including phenoxy) is 1. The quantitative estimate of drug-likeness (QED) is 0.360. The Bertz CT molecular complexity index is 1400. The molecule has 1 aliphatic rings. The highest BCUT2D eigenvalue weighted by molar-refractivity contribution is 5.94. The van der Waals surface area contributed by atoms with Crippen LogP contribution in [0.15, 0.2) is 102 Å². The number of benzene rings is 3. The minimum Gasteiger partial charge on any atom is -0.492 e. The predicted molar refractivity (Wildman–Crippen MR) is 140 cm³/mol. The second kappa shape index (κ2) is 10.4.